The third-order valence-electron chi connectivity index (χ3n) is 4.21. The molecule has 4 aromatic rings. The van der Waals surface area contributed by atoms with E-state index in [-0.39, 0.29) is 11.5 Å². The Morgan fingerprint density at radius 1 is 1.03 bits per heavy atom. The van der Waals surface area contributed by atoms with E-state index >= 15 is 0 Å². The van der Waals surface area contributed by atoms with E-state index in [1.165, 1.54) is 30.0 Å². The maximum atomic E-state index is 13.5. The summed E-state index contributed by atoms with van der Waals surface area (Å²) in [6.45, 7) is 0.569. The minimum Gasteiger partial charge on any atom is -0.321 e. The summed E-state index contributed by atoms with van der Waals surface area (Å²) in [6.07, 6.45) is 0. The van der Waals surface area contributed by atoms with Crippen LogP contribution in [0, 0.1) is 5.82 Å². The number of anilines is 1. The molecular formula is C22H16BrFN4OS. The van der Waals surface area contributed by atoms with Gasteiger partial charge in [-0.3, -0.25) is 4.79 Å². The number of aromatic nitrogens is 3. The number of carbonyl (C=O) groups excluding carboxylic acids is 1. The molecule has 1 N–H and O–H groups in total. The number of para-hydroxylation sites is 1. The topological polar surface area (TPSA) is 59.8 Å². The second-order valence-corrected chi connectivity index (χ2v) is 8.09. The molecule has 0 radical (unpaired) electrons. The summed E-state index contributed by atoms with van der Waals surface area (Å²) in [7, 11) is 0. The highest BCUT2D eigenvalue weighted by Crippen LogP contribution is 2.33. The van der Waals surface area contributed by atoms with Gasteiger partial charge in [-0.1, -0.05) is 48.5 Å². The zero-order valence-corrected chi connectivity index (χ0v) is 18.0. The minimum atomic E-state index is -0.454. The zero-order valence-electron chi connectivity index (χ0n) is 15.6. The average molecular weight is 483 g/mol. The molecule has 0 unspecified atom stereocenters. The molecular weight excluding hydrogens is 467 g/mol. The lowest BCUT2D eigenvalue weighted by Crippen LogP contribution is -2.12. The van der Waals surface area contributed by atoms with Crippen LogP contribution in [-0.4, -0.2) is 20.7 Å². The molecule has 30 heavy (non-hydrogen) atoms. The van der Waals surface area contributed by atoms with Crippen LogP contribution in [0.1, 0.15) is 15.9 Å². The summed E-state index contributed by atoms with van der Waals surface area (Å²) in [4.78, 5) is 17.8. The fourth-order valence-corrected chi connectivity index (χ4v) is 4.21. The van der Waals surface area contributed by atoms with Crippen LogP contribution in [0.3, 0.4) is 0 Å². The highest BCUT2D eigenvalue weighted by Gasteiger charge is 2.15. The first-order chi connectivity index (χ1) is 14.6. The Morgan fingerprint density at radius 2 is 1.80 bits per heavy atom. The van der Waals surface area contributed by atoms with Crippen LogP contribution >= 0.6 is 27.7 Å². The number of nitrogens with zero attached hydrogens (tertiary/aromatic N) is 3. The van der Waals surface area contributed by atoms with Gasteiger partial charge in [-0.25, -0.2) is 9.07 Å². The van der Waals surface area contributed by atoms with E-state index in [0.717, 1.165) is 10.5 Å². The van der Waals surface area contributed by atoms with E-state index < -0.39 is 5.82 Å². The zero-order chi connectivity index (χ0) is 20.9. The quantitative estimate of drug-likeness (QED) is 0.386. The second-order valence-electron chi connectivity index (χ2n) is 6.37. The summed E-state index contributed by atoms with van der Waals surface area (Å²) < 4.78 is 15.7. The highest BCUT2D eigenvalue weighted by atomic mass is 79.9. The number of hydrogen-bond acceptors (Lipinski definition) is 4. The molecule has 0 atom stereocenters. The number of benzene rings is 3. The van der Waals surface area contributed by atoms with Crippen molar-refractivity contribution in [3.63, 3.8) is 0 Å². The SMILES string of the molecule is O=C(Nc1ccccc1Sc1nc(Br)nn1Cc1ccccc1)c1cccc(F)c1. The molecule has 1 aromatic heterocycles. The highest BCUT2D eigenvalue weighted by molar-refractivity contribution is 9.10. The Bertz CT molecular complexity index is 1180. The van der Waals surface area contributed by atoms with Crippen molar-refractivity contribution in [3.8, 4) is 0 Å². The van der Waals surface area contributed by atoms with E-state index in [9.17, 15) is 9.18 Å². The monoisotopic (exact) mass is 482 g/mol. The second kappa shape index (κ2) is 9.23. The van der Waals surface area contributed by atoms with Crippen LogP contribution in [0.2, 0.25) is 0 Å². The largest absolute Gasteiger partial charge is 0.321 e. The first kappa shape index (κ1) is 20.3. The molecule has 3 aromatic carbocycles. The molecule has 0 aliphatic rings. The molecule has 0 saturated heterocycles. The standard InChI is InChI=1S/C22H16BrFN4OS/c23-21-26-22(28(27-21)14-15-7-2-1-3-8-15)30-19-12-5-4-11-18(19)25-20(29)16-9-6-10-17(24)13-16/h1-13H,14H2,(H,25,29). The molecule has 1 heterocycles. The van der Waals surface area contributed by atoms with Gasteiger partial charge in [0.1, 0.15) is 5.82 Å². The molecule has 0 aliphatic heterocycles. The van der Waals surface area contributed by atoms with Gasteiger partial charge in [0.15, 0.2) is 5.16 Å². The Balaban J connectivity index is 1.57. The minimum absolute atomic E-state index is 0.254. The first-order valence-corrected chi connectivity index (χ1v) is 10.7. The fraction of sp³-hybridized carbons (Fsp3) is 0.0455. The number of amides is 1. The molecule has 5 nitrogen and oxygen atoms in total. The number of carbonyl (C=O) groups is 1. The molecule has 4 rings (SSSR count). The van der Waals surface area contributed by atoms with Gasteiger partial charge in [0.2, 0.25) is 4.73 Å². The van der Waals surface area contributed by atoms with Crippen molar-refractivity contribution in [3.05, 3.63) is 101 Å². The van der Waals surface area contributed by atoms with Gasteiger partial charge >= 0.3 is 0 Å². The van der Waals surface area contributed by atoms with Gasteiger partial charge in [-0.15, -0.1) is 5.10 Å². The van der Waals surface area contributed by atoms with Gasteiger partial charge in [0.05, 0.1) is 12.2 Å². The third kappa shape index (κ3) is 4.95. The maximum Gasteiger partial charge on any atom is 0.255 e. The smallest absolute Gasteiger partial charge is 0.255 e. The lowest BCUT2D eigenvalue weighted by atomic mass is 10.2. The van der Waals surface area contributed by atoms with Crippen LogP contribution < -0.4 is 5.32 Å². The first-order valence-electron chi connectivity index (χ1n) is 9.06. The van der Waals surface area contributed by atoms with Gasteiger partial charge in [0, 0.05) is 10.5 Å². The van der Waals surface area contributed by atoms with E-state index in [0.29, 0.717) is 22.1 Å². The number of halogens is 2. The fourth-order valence-electron chi connectivity index (χ4n) is 2.82. The average Bonchev–Trinajstić information content (AvgIpc) is 3.08. The van der Waals surface area contributed by atoms with Gasteiger partial charge in [0.25, 0.3) is 5.91 Å². The van der Waals surface area contributed by atoms with E-state index in [1.54, 1.807) is 16.8 Å². The van der Waals surface area contributed by atoms with E-state index in [4.69, 9.17) is 0 Å². The predicted octanol–water partition coefficient (Wildman–Crippen LogP) is 5.63. The molecule has 1 amide bonds. The van der Waals surface area contributed by atoms with Crippen LogP contribution in [0.4, 0.5) is 10.1 Å². The molecule has 8 heteroatoms. The van der Waals surface area contributed by atoms with Gasteiger partial charge in [-0.2, -0.15) is 4.98 Å². The predicted molar refractivity (Wildman–Crippen MR) is 118 cm³/mol. The molecule has 0 aliphatic carbocycles. The van der Waals surface area contributed by atoms with Crippen molar-refractivity contribution in [2.45, 2.75) is 16.6 Å². The van der Waals surface area contributed by atoms with Crippen LogP contribution in [0.15, 0.2) is 93.6 Å². The summed E-state index contributed by atoms with van der Waals surface area (Å²) in [5.41, 5.74) is 1.97. The molecule has 0 bridgehead atoms. The lowest BCUT2D eigenvalue weighted by molar-refractivity contribution is 0.102. The Kier molecular flexibility index (Phi) is 6.25. The molecule has 150 valence electrons. The van der Waals surface area contributed by atoms with Crippen molar-refractivity contribution < 1.29 is 9.18 Å². The number of nitrogens with one attached hydrogen (secondary N) is 1. The van der Waals surface area contributed by atoms with Gasteiger partial charge < -0.3 is 5.32 Å². The summed E-state index contributed by atoms with van der Waals surface area (Å²) in [6, 6.07) is 23.0. The van der Waals surface area contributed by atoms with Crippen molar-refractivity contribution >= 4 is 39.3 Å². The van der Waals surface area contributed by atoms with Crippen molar-refractivity contribution in [2.75, 3.05) is 5.32 Å². The summed E-state index contributed by atoms with van der Waals surface area (Å²) in [5.74, 6) is -0.835. The van der Waals surface area contributed by atoms with Crippen LogP contribution in [0.25, 0.3) is 0 Å². The van der Waals surface area contributed by atoms with Gasteiger partial charge in [-0.05, 0) is 63.6 Å². The lowest BCUT2D eigenvalue weighted by Gasteiger charge is -2.11. The van der Waals surface area contributed by atoms with E-state index in [2.05, 4.69) is 31.3 Å². The maximum absolute atomic E-state index is 13.5. The Morgan fingerprint density at radius 3 is 2.60 bits per heavy atom. The summed E-state index contributed by atoms with van der Waals surface area (Å²) in [5, 5.41) is 7.96. The third-order valence-corrected chi connectivity index (χ3v) is 5.61. The molecule has 0 saturated carbocycles. The number of rotatable bonds is 6. The molecule has 0 spiro atoms. The van der Waals surface area contributed by atoms with Crippen molar-refractivity contribution in [1.29, 1.82) is 0 Å². The molecule has 0 fully saturated rings. The number of hydrogen-bond donors (Lipinski definition) is 1. The normalized spacial score (nSPS) is 10.7. The van der Waals surface area contributed by atoms with E-state index in [1.807, 2.05) is 48.5 Å². The van der Waals surface area contributed by atoms with Crippen molar-refractivity contribution in [1.82, 2.24) is 14.8 Å². The van der Waals surface area contributed by atoms with Crippen LogP contribution in [0.5, 0.6) is 0 Å². The summed E-state index contributed by atoms with van der Waals surface area (Å²) >= 11 is 4.74. The van der Waals surface area contributed by atoms with Crippen LogP contribution in [-0.2, 0) is 6.54 Å². The van der Waals surface area contributed by atoms with Crippen molar-refractivity contribution in [2.24, 2.45) is 0 Å². The Hall–Kier alpha value is -2.97. The Labute approximate surface area is 185 Å².